The lowest BCUT2D eigenvalue weighted by Gasteiger charge is -2.27. The minimum absolute atomic E-state index is 0.267. The molecule has 2 unspecified atom stereocenters. The molecule has 2 aromatic rings. The predicted molar refractivity (Wildman–Crippen MR) is 135 cm³/mol. The van der Waals surface area contributed by atoms with Gasteiger partial charge in [0.25, 0.3) is 0 Å². The molecule has 4 nitrogen and oxygen atoms in total. The molecule has 0 bridgehead atoms. The molecule has 1 aromatic heterocycles. The molecule has 0 spiro atoms. The fourth-order valence-corrected chi connectivity index (χ4v) is 5.12. The van der Waals surface area contributed by atoms with E-state index in [4.69, 9.17) is 14.5 Å². The lowest BCUT2D eigenvalue weighted by Crippen LogP contribution is -2.26. The van der Waals surface area contributed by atoms with Crippen molar-refractivity contribution in [2.75, 3.05) is 14.2 Å². The van der Waals surface area contributed by atoms with Gasteiger partial charge in [-0.25, -0.2) is 0 Å². The summed E-state index contributed by atoms with van der Waals surface area (Å²) >= 11 is 4.44. The number of methoxy groups -OCH3 is 2. The van der Waals surface area contributed by atoms with Crippen LogP contribution in [0.2, 0.25) is 0 Å². The molecule has 0 fully saturated rings. The molecule has 0 aliphatic carbocycles. The summed E-state index contributed by atoms with van der Waals surface area (Å²) < 4.78 is 42.4. The van der Waals surface area contributed by atoms with Crippen LogP contribution >= 0.6 is 45.2 Å². The molecule has 30 heavy (non-hydrogen) atoms. The number of nitrogens with zero attached hydrogens (tertiary/aromatic N) is 2. The highest BCUT2D eigenvalue weighted by molar-refractivity contribution is 14.1. The zero-order chi connectivity index (χ0) is 22.3. The molecule has 160 valence electrons. The van der Waals surface area contributed by atoms with Crippen molar-refractivity contribution in [3.8, 4) is 11.5 Å². The number of aromatic nitrogens is 1. The van der Waals surface area contributed by atoms with Crippen molar-refractivity contribution in [2.24, 2.45) is 4.99 Å². The number of hydrogen-bond donors (Lipinski definition) is 0. The van der Waals surface area contributed by atoms with Crippen LogP contribution in [0.25, 0.3) is 0 Å². The molecule has 9 heteroatoms. The Morgan fingerprint density at radius 3 is 2.20 bits per heavy atom. The Morgan fingerprint density at radius 2 is 1.70 bits per heavy atom. The first kappa shape index (κ1) is 23.6. The molecule has 1 aliphatic heterocycles. The van der Waals surface area contributed by atoms with Crippen molar-refractivity contribution in [1.29, 1.82) is 0 Å². The normalized spacial score (nSPS) is 17.3. The quantitative estimate of drug-likeness (QED) is 0.280. The van der Waals surface area contributed by atoms with Crippen LogP contribution in [-0.4, -0.2) is 37.9 Å². The fraction of sp³-hybridized carbons (Fsp3) is 0.381. The number of aliphatic imine (C=N–C) groups is 1. The summed E-state index contributed by atoms with van der Waals surface area (Å²) in [5.74, 6) is 0.775. The summed E-state index contributed by atoms with van der Waals surface area (Å²) in [7, 11) is 0.509. The van der Waals surface area contributed by atoms with E-state index in [1.807, 2.05) is 39.0 Å². The summed E-state index contributed by atoms with van der Waals surface area (Å²) in [6, 6.07) is 5.34. The first-order valence-corrected chi connectivity index (χ1v) is 11.6. The standard InChI is InChI=1S/C21H23BF2I2N2O2/c1-10-18(25)12(3)27-20(10)17(14-7-8-15(29-5)16(9-14)30-6)21-11(2)19(26)13(4)28(21)22(23)24/h7-9,17,20H,1-6H3. The molecule has 0 saturated carbocycles. The highest BCUT2D eigenvalue weighted by atomic mass is 127. The number of benzene rings is 1. The number of ether oxygens (including phenoxy) is 2. The Balaban J connectivity index is 2.33. The Bertz CT molecular complexity index is 1050. The van der Waals surface area contributed by atoms with Crippen LogP contribution in [0.4, 0.5) is 8.63 Å². The predicted octanol–water partition coefficient (Wildman–Crippen LogP) is 6.18. The van der Waals surface area contributed by atoms with Gasteiger partial charge in [0.05, 0.1) is 26.2 Å². The van der Waals surface area contributed by atoms with Crippen LogP contribution in [0.5, 0.6) is 11.5 Å². The Labute approximate surface area is 203 Å². The summed E-state index contributed by atoms with van der Waals surface area (Å²) in [5.41, 5.74) is 4.89. The second kappa shape index (κ2) is 9.18. The van der Waals surface area contributed by atoms with Crippen molar-refractivity contribution < 1.29 is 18.1 Å². The maximum absolute atomic E-state index is 14.2. The first-order chi connectivity index (χ1) is 14.1. The first-order valence-electron chi connectivity index (χ1n) is 9.41. The van der Waals surface area contributed by atoms with Crippen LogP contribution in [0.15, 0.2) is 32.3 Å². The van der Waals surface area contributed by atoms with Crippen LogP contribution in [0.3, 0.4) is 0 Å². The average Bonchev–Trinajstić information content (AvgIpc) is 3.10. The smallest absolute Gasteiger partial charge is 0.493 e. The van der Waals surface area contributed by atoms with E-state index in [-0.39, 0.29) is 12.0 Å². The van der Waals surface area contributed by atoms with Crippen molar-refractivity contribution >= 4 is 58.3 Å². The largest absolute Gasteiger partial charge is 0.677 e. The van der Waals surface area contributed by atoms with E-state index in [2.05, 4.69) is 45.2 Å². The minimum Gasteiger partial charge on any atom is -0.493 e. The van der Waals surface area contributed by atoms with Crippen molar-refractivity contribution in [3.05, 3.63) is 53.4 Å². The van der Waals surface area contributed by atoms with Gasteiger partial charge in [0.1, 0.15) is 0 Å². The Kier molecular flexibility index (Phi) is 7.20. The third-order valence-electron chi connectivity index (χ3n) is 5.66. The zero-order valence-electron chi connectivity index (χ0n) is 17.7. The van der Waals surface area contributed by atoms with Gasteiger partial charge in [-0.05, 0) is 102 Å². The number of hydrogen-bond acceptors (Lipinski definition) is 3. The molecule has 1 aromatic carbocycles. The van der Waals surface area contributed by atoms with E-state index in [0.29, 0.717) is 22.9 Å². The van der Waals surface area contributed by atoms with E-state index >= 15 is 0 Å². The van der Waals surface area contributed by atoms with Crippen LogP contribution in [-0.2, 0) is 0 Å². The van der Waals surface area contributed by atoms with Gasteiger partial charge in [-0.1, -0.05) is 6.07 Å². The van der Waals surface area contributed by atoms with Gasteiger partial charge in [-0.2, -0.15) is 0 Å². The van der Waals surface area contributed by atoms with E-state index < -0.39 is 7.40 Å². The molecule has 0 radical (unpaired) electrons. The minimum atomic E-state index is -2.64. The second-order valence-corrected chi connectivity index (χ2v) is 9.46. The number of halogens is 4. The van der Waals surface area contributed by atoms with E-state index in [1.54, 1.807) is 21.1 Å². The van der Waals surface area contributed by atoms with Gasteiger partial charge in [0, 0.05) is 24.2 Å². The molecule has 0 amide bonds. The monoisotopic (exact) mass is 638 g/mol. The molecule has 3 rings (SSSR count). The van der Waals surface area contributed by atoms with E-state index in [0.717, 1.165) is 34.0 Å². The molecular formula is C21H23BF2I2N2O2. The molecule has 0 saturated heterocycles. The number of allylic oxidation sites excluding steroid dienone is 1. The van der Waals surface area contributed by atoms with Gasteiger partial charge < -0.3 is 14.0 Å². The van der Waals surface area contributed by atoms with Gasteiger partial charge in [-0.3, -0.25) is 13.6 Å². The van der Waals surface area contributed by atoms with Gasteiger partial charge >= 0.3 is 7.40 Å². The van der Waals surface area contributed by atoms with E-state index in [9.17, 15) is 8.63 Å². The fourth-order valence-electron chi connectivity index (χ4n) is 4.12. The molecule has 2 atom stereocenters. The van der Waals surface area contributed by atoms with E-state index in [1.165, 1.54) is 0 Å². The van der Waals surface area contributed by atoms with Crippen LogP contribution < -0.4 is 9.47 Å². The van der Waals surface area contributed by atoms with Crippen molar-refractivity contribution in [1.82, 2.24) is 4.48 Å². The highest BCUT2D eigenvalue weighted by Crippen LogP contribution is 2.44. The summed E-state index contributed by atoms with van der Waals surface area (Å²) in [6.07, 6.45) is 0. The highest BCUT2D eigenvalue weighted by Gasteiger charge is 2.38. The lowest BCUT2D eigenvalue weighted by molar-refractivity contribution is 0.354. The van der Waals surface area contributed by atoms with Crippen LogP contribution in [0.1, 0.15) is 42.3 Å². The molecule has 1 aliphatic rings. The maximum Gasteiger partial charge on any atom is 0.677 e. The van der Waals surface area contributed by atoms with Crippen molar-refractivity contribution in [2.45, 2.75) is 39.7 Å². The van der Waals surface area contributed by atoms with Gasteiger partial charge in [0.15, 0.2) is 11.5 Å². The lowest BCUT2D eigenvalue weighted by atomic mass is 9.83. The topological polar surface area (TPSA) is 35.8 Å². The Hall–Kier alpha value is -1.11. The second-order valence-electron chi connectivity index (χ2n) is 7.31. The summed E-state index contributed by atoms with van der Waals surface area (Å²) in [5, 5.41) is 0. The number of rotatable bonds is 6. The summed E-state index contributed by atoms with van der Waals surface area (Å²) in [6.45, 7) is 7.64. The molecule has 2 heterocycles. The SMILES string of the molecule is COc1ccc(C(c2c(C)c(I)c(C)n2B(F)F)C2N=C(C)C(I)=C2C)cc1OC. The molecular weight excluding hydrogens is 615 g/mol. The van der Waals surface area contributed by atoms with Gasteiger partial charge in [-0.15, -0.1) is 0 Å². The van der Waals surface area contributed by atoms with Crippen molar-refractivity contribution in [3.63, 3.8) is 0 Å². The Morgan fingerprint density at radius 1 is 1.07 bits per heavy atom. The maximum atomic E-state index is 14.2. The van der Waals surface area contributed by atoms with Crippen LogP contribution in [0, 0.1) is 17.4 Å². The average molecular weight is 638 g/mol. The van der Waals surface area contributed by atoms with Gasteiger partial charge in [0.2, 0.25) is 0 Å². The third-order valence-corrected chi connectivity index (χ3v) is 8.89. The molecule has 0 N–H and O–H groups in total. The zero-order valence-corrected chi connectivity index (χ0v) is 22.0. The summed E-state index contributed by atoms with van der Waals surface area (Å²) in [4.78, 5) is 4.88. The third kappa shape index (κ3) is 3.91.